The Morgan fingerprint density at radius 3 is 0.993 bits per heavy atom. The molecule has 0 saturated carbocycles. The van der Waals surface area contributed by atoms with Gasteiger partial charge in [0.2, 0.25) is 0 Å². The number of unbranched alkanes of at least 4 members (excludes halogenated alkanes) is 3. The van der Waals surface area contributed by atoms with Crippen molar-refractivity contribution in [2.45, 2.75) is 124 Å². The number of carbonyl (C=O) groups excluding carboxylic acids is 3. The van der Waals surface area contributed by atoms with Crippen LogP contribution in [0, 0.1) is 48.9 Å². The van der Waals surface area contributed by atoms with E-state index < -0.39 is 46.2 Å². The fraction of sp³-hybridized carbons (Fsp3) is 0.220. The van der Waals surface area contributed by atoms with E-state index in [-0.39, 0.29) is 87.1 Å². The number of nitriles is 4. The van der Waals surface area contributed by atoms with E-state index in [0.29, 0.717) is 76.2 Å². The number of amides is 1. The predicted molar refractivity (Wildman–Crippen MR) is 597 cm³/mol. The van der Waals surface area contributed by atoms with Gasteiger partial charge < -0.3 is 44.6 Å². The number of hydrogen-bond acceptors (Lipinski definition) is 20. The molecule has 1 amide bonds. The van der Waals surface area contributed by atoms with E-state index in [9.17, 15) is 24.4 Å². The van der Waals surface area contributed by atoms with Crippen molar-refractivity contribution < 1.29 is 97.6 Å². The fourth-order valence-corrected chi connectivity index (χ4v) is 36.4. The largest absolute Gasteiger partial charge is 1.00 e. The van der Waals surface area contributed by atoms with Crippen LogP contribution in [-0.4, -0.2) is 123 Å². The number of aromatic nitrogens is 4. The maximum atomic E-state index is 12.8. The standard InChI is InChI=1S/C22H19N3O2.2C18H15P.C13H10N2O3.C11H6N2O3.C11H15N.C7H4IN.C6H6NO3.3C4H9.2ClH.Li.2H2O.Pd.Sn/c23-15-18-8-4-5-9-19(18)21-14-20(24-27-21)22(26)25-12-10-17(11-13-25)16-6-2-1-3-7-16;2*1-4-10-16(11-5-1)19(17-12-6-2-7-13-17)18-14-8-3-9-15-18;1-2-17-13(16)11-7-12(18-15-11)10-6-4-3-5-9(10)8-14;12-6-7-3-1-2-4-8(7)10-5-9(11(14)15)13-16-10;1-2-4-10(5-3-1)11-6-8-12-9-7-11;8-7-4-2-1-3-6(7)5-9;1-2-9-6(8)5-3-4-10-7-5;3*1-3-4-2;;;;;;;/h1-9,14,17H,10-13H2;2*1-15H;3-7H,2H2,1H3;1-5H,(H,14,15);1-5,11-12H,6-9H2;1-4H;3H,2H2,1H3;3*1,3-4H2,2H3;2*1H;;2*1H2;;/q;;;;;;;;;;;;;+1;;;+2;/p-3. The second kappa shape index (κ2) is 69.7. The number of carbonyl (C=O) groups is 4. The maximum Gasteiger partial charge on any atom is 1.00 e. The number of nitrogens with one attached hydrogen (secondary N) is 1. The van der Waals surface area contributed by atoms with Crippen molar-refractivity contribution in [3.8, 4) is 58.2 Å². The second-order valence-corrected chi connectivity index (χ2v) is 54.3. The molecule has 0 aliphatic carbocycles. The minimum absolute atomic E-state index is 0. The van der Waals surface area contributed by atoms with Gasteiger partial charge in [-0.1, -0.05) is 307 Å². The predicted octanol–water partition coefficient (Wildman–Crippen LogP) is 22.0. The van der Waals surface area contributed by atoms with E-state index in [1.807, 2.05) is 60.4 Å². The minimum atomic E-state index is -2.61. The molecular weight excluding hydrogens is 2260 g/mol. The molecule has 23 nitrogen and oxygen atoms in total. The van der Waals surface area contributed by atoms with Crippen LogP contribution in [0.4, 0.5) is 0 Å². The molecule has 0 spiro atoms. The molecule has 2 aliphatic rings. The number of rotatable bonds is 27. The number of halogens is 3. The van der Waals surface area contributed by atoms with Crippen molar-refractivity contribution in [1.29, 1.82) is 21.0 Å². The van der Waals surface area contributed by atoms with Gasteiger partial charge in [-0.2, -0.15) is 21.0 Å². The third-order valence-electron chi connectivity index (χ3n) is 23.7. The van der Waals surface area contributed by atoms with Crippen LogP contribution in [-0.2, 0) is 25.4 Å². The van der Waals surface area contributed by atoms with Crippen LogP contribution < -0.4 is 59.8 Å². The summed E-state index contributed by atoms with van der Waals surface area (Å²) in [5.74, 6) is 0.194. The van der Waals surface area contributed by atoms with Gasteiger partial charge in [0.1, 0.15) is 6.07 Å². The number of ether oxygens (including phenoxy) is 2. The third-order valence-corrected chi connectivity index (χ3v) is 44.4. The number of aromatic carboxylic acids is 1. The number of hydrogen-bond donors (Lipinski definition) is 2. The quantitative estimate of drug-likeness (QED) is 0.0209. The van der Waals surface area contributed by atoms with Crippen LogP contribution in [0.2, 0.25) is 13.3 Å². The summed E-state index contributed by atoms with van der Waals surface area (Å²) < 4.78 is 36.9. The molecule has 16 aromatic rings. The number of esters is 2. The Labute approximate surface area is 921 Å². The van der Waals surface area contributed by atoms with E-state index in [1.165, 1.54) is 133 Å². The molecule has 2 fully saturated rings. The molecule has 6 heterocycles. The first-order valence-electron chi connectivity index (χ1n) is 48.4. The Balaban J connectivity index is 0.000000232. The molecule has 0 radical (unpaired) electrons. The van der Waals surface area contributed by atoms with Gasteiger partial charge in [-0.15, -0.1) is 0 Å². The van der Waals surface area contributed by atoms with E-state index >= 15 is 0 Å². The number of carboxylic acids is 1. The first-order chi connectivity index (χ1) is 71.5. The van der Waals surface area contributed by atoms with Gasteiger partial charge in [0.05, 0.1) is 47.1 Å². The van der Waals surface area contributed by atoms with Gasteiger partial charge in [-0.25, -0.2) is 9.59 Å². The van der Waals surface area contributed by atoms with Crippen LogP contribution in [0.25, 0.3) is 34.0 Å². The Hall–Kier alpha value is -12.6. The Kier molecular flexibility index (Phi) is 57.7. The van der Waals surface area contributed by atoms with Gasteiger partial charge in [0, 0.05) is 51.5 Å². The molecule has 18 rings (SSSR count). The molecular formula is C118H120Cl2ILiN10O13P2PdSn. The summed E-state index contributed by atoms with van der Waals surface area (Å²) in [6, 6.07) is 129. The average molecular weight is 2380 g/mol. The van der Waals surface area contributed by atoms with Crippen molar-refractivity contribution >= 4 is 135 Å². The van der Waals surface area contributed by atoms with Crippen LogP contribution >= 0.6 is 57.5 Å². The summed E-state index contributed by atoms with van der Waals surface area (Å²) in [6.45, 7) is 14.7. The zero-order valence-corrected chi connectivity index (χ0v) is 93.9. The minimum Gasteiger partial charge on any atom is -0.870 e. The van der Waals surface area contributed by atoms with Gasteiger partial charge >= 0.3 is 211 Å². The maximum absolute atomic E-state index is 12.8. The molecule has 766 valence electrons. The summed E-state index contributed by atoms with van der Waals surface area (Å²) in [6.07, 6.45) is 11.9. The number of piperidine rings is 2. The van der Waals surface area contributed by atoms with Crippen LogP contribution in [0.1, 0.15) is 186 Å². The first kappa shape index (κ1) is 123. The van der Waals surface area contributed by atoms with Crippen molar-refractivity contribution in [2.75, 3.05) is 39.4 Å². The number of carboxylic acid groups (broad SMARTS) is 1. The molecule has 0 bridgehead atoms. The van der Waals surface area contributed by atoms with Crippen LogP contribution in [0.5, 0.6) is 0 Å². The van der Waals surface area contributed by atoms with E-state index in [1.54, 1.807) is 79.7 Å². The van der Waals surface area contributed by atoms with Crippen LogP contribution in [0.3, 0.4) is 0 Å². The third kappa shape index (κ3) is 39.1. The summed E-state index contributed by atoms with van der Waals surface area (Å²) in [7, 11) is 8.74. The smallest absolute Gasteiger partial charge is 0.870 e. The van der Waals surface area contributed by atoms with E-state index in [2.05, 4.69) is 324 Å². The van der Waals surface area contributed by atoms with E-state index in [4.69, 9.17) is 67.5 Å². The summed E-state index contributed by atoms with van der Waals surface area (Å²) in [4.78, 5) is 48.6. The normalized spacial score (nSPS) is 11.6. The molecule has 2 saturated heterocycles. The Bertz CT molecular complexity index is 6460. The average Bonchev–Trinajstić information content (AvgIpc) is 1.52. The van der Waals surface area contributed by atoms with Crippen molar-refractivity contribution in [3.05, 3.63) is 424 Å². The van der Waals surface area contributed by atoms with Crippen molar-refractivity contribution in [1.82, 2.24) is 30.8 Å². The topological polar surface area (TPSA) is 383 Å². The number of benzene rings is 12. The van der Waals surface area contributed by atoms with Gasteiger partial charge in [-0.3, -0.25) is 4.79 Å². The summed E-state index contributed by atoms with van der Waals surface area (Å²) in [5, 5.41) is 71.0. The zero-order chi connectivity index (χ0) is 104. The number of likely N-dealkylation sites (tertiary alicyclic amines) is 1. The SMILES string of the molecule is CCC[CH2][Sn]([CH2]CCC)([CH2]CCC)[c]1cc(C(=O)OCC)no1.CCOC(=O)c1cc(-c2ccccc2C#N)on1.N#Cc1ccccc1-c1cc(C(=O)N2CCC(c3ccccc3)CC2)no1.N#Cc1ccccc1-c1cc(C(=O)O)no1.N#Cc1ccccc1I.O.[Cl][Pd][Cl].[Li+].[OH-].c1ccc(C2CCNCC2)cc1.c1ccc(P(c2ccccc2)c2ccccc2)cc1.c1ccc(P(c2ccccc2)c2ccccc2)cc1. The molecule has 0 atom stereocenters. The molecule has 12 aromatic carbocycles. The molecule has 5 N–H and O–H groups in total. The fourth-order valence-electron chi connectivity index (χ4n) is 16.3. The van der Waals surface area contributed by atoms with Gasteiger partial charge in [0.25, 0.3) is 5.91 Å². The van der Waals surface area contributed by atoms with Crippen molar-refractivity contribution in [2.24, 2.45) is 0 Å². The second-order valence-electron chi connectivity index (χ2n) is 33.3. The van der Waals surface area contributed by atoms with Crippen LogP contribution in [0.15, 0.2) is 382 Å². The molecule has 149 heavy (non-hydrogen) atoms. The summed E-state index contributed by atoms with van der Waals surface area (Å²) in [5.41, 5.74) is 7.31. The molecule has 0 unspecified atom stereocenters. The van der Waals surface area contributed by atoms with E-state index in [0.717, 1.165) is 31.7 Å². The Morgan fingerprint density at radius 1 is 0.409 bits per heavy atom. The number of nitrogens with zero attached hydrogens (tertiary/aromatic N) is 9. The molecule has 31 heteroatoms. The molecule has 2 aliphatic heterocycles. The Morgan fingerprint density at radius 2 is 0.685 bits per heavy atom. The van der Waals surface area contributed by atoms with Gasteiger partial charge in [-0.05, 0) is 187 Å². The summed E-state index contributed by atoms with van der Waals surface area (Å²) >= 11 is -0.575. The van der Waals surface area contributed by atoms with Gasteiger partial charge in [0.15, 0.2) is 34.4 Å². The molecule has 4 aromatic heterocycles. The van der Waals surface area contributed by atoms with Crippen molar-refractivity contribution in [3.63, 3.8) is 0 Å². The zero-order valence-electron chi connectivity index (χ0n) is 84.1. The first-order valence-corrected chi connectivity index (χ1v) is 63.7. The monoisotopic (exact) mass is 2380 g/mol.